The van der Waals surface area contributed by atoms with Crippen LogP contribution >= 0.6 is 11.6 Å². The standard InChI is InChI=1S/C21H23ClN4/c1-21(2,3)26-19-13-18(16-7-5-4-6-8-16)24-20(25-19)23-14-15-9-11-17(22)12-10-15/h4-13H,14H2,1-3H3,(H2,23,24,25,26). The Kier molecular flexibility index (Phi) is 5.43. The van der Waals surface area contributed by atoms with Crippen molar-refractivity contribution in [1.82, 2.24) is 9.97 Å². The highest BCUT2D eigenvalue weighted by Gasteiger charge is 2.13. The molecule has 0 radical (unpaired) electrons. The van der Waals surface area contributed by atoms with E-state index in [1.807, 2.05) is 60.7 Å². The summed E-state index contributed by atoms with van der Waals surface area (Å²) in [6.07, 6.45) is 0. The first kappa shape index (κ1) is 18.2. The van der Waals surface area contributed by atoms with Crippen LogP contribution in [-0.4, -0.2) is 15.5 Å². The average molecular weight is 367 g/mol. The van der Waals surface area contributed by atoms with Gasteiger partial charge in [0.1, 0.15) is 5.82 Å². The number of rotatable bonds is 5. The highest BCUT2D eigenvalue weighted by Crippen LogP contribution is 2.23. The molecule has 3 aromatic rings. The van der Waals surface area contributed by atoms with Crippen LogP contribution in [0.4, 0.5) is 11.8 Å². The summed E-state index contributed by atoms with van der Waals surface area (Å²) in [6, 6.07) is 19.8. The molecule has 1 heterocycles. The van der Waals surface area contributed by atoms with Crippen LogP contribution in [0.2, 0.25) is 5.02 Å². The summed E-state index contributed by atoms with van der Waals surface area (Å²) in [4.78, 5) is 9.30. The number of aromatic nitrogens is 2. The zero-order valence-electron chi connectivity index (χ0n) is 15.3. The van der Waals surface area contributed by atoms with Gasteiger partial charge in [0.2, 0.25) is 5.95 Å². The Balaban J connectivity index is 1.87. The van der Waals surface area contributed by atoms with E-state index in [0.717, 1.165) is 27.7 Å². The van der Waals surface area contributed by atoms with Gasteiger partial charge in [0.25, 0.3) is 0 Å². The quantitative estimate of drug-likeness (QED) is 0.615. The lowest BCUT2D eigenvalue weighted by atomic mass is 10.1. The number of nitrogens with one attached hydrogen (secondary N) is 2. The molecule has 0 atom stereocenters. The zero-order chi connectivity index (χ0) is 18.6. The van der Waals surface area contributed by atoms with Gasteiger partial charge < -0.3 is 10.6 Å². The number of benzene rings is 2. The first-order valence-electron chi connectivity index (χ1n) is 8.60. The molecular formula is C21H23ClN4. The van der Waals surface area contributed by atoms with Gasteiger partial charge in [0, 0.05) is 28.7 Å². The SMILES string of the molecule is CC(C)(C)Nc1cc(-c2ccccc2)nc(NCc2ccc(Cl)cc2)n1. The molecule has 0 aliphatic rings. The fourth-order valence-electron chi connectivity index (χ4n) is 2.51. The van der Waals surface area contributed by atoms with E-state index in [0.29, 0.717) is 12.5 Å². The molecule has 0 saturated carbocycles. The van der Waals surface area contributed by atoms with Crippen molar-refractivity contribution in [2.45, 2.75) is 32.9 Å². The zero-order valence-corrected chi connectivity index (χ0v) is 16.0. The summed E-state index contributed by atoms with van der Waals surface area (Å²) in [5.74, 6) is 1.39. The highest BCUT2D eigenvalue weighted by molar-refractivity contribution is 6.30. The topological polar surface area (TPSA) is 49.8 Å². The number of nitrogens with zero attached hydrogens (tertiary/aromatic N) is 2. The monoisotopic (exact) mass is 366 g/mol. The second-order valence-corrected chi connectivity index (χ2v) is 7.62. The highest BCUT2D eigenvalue weighted by atomic mass is 35.5. The predicted octanol–water partition coefficient (Wildman–Crippen LogP) is 5.62. The van der Waals surface area contributed by atoms with Gasteiger partial charge in [-0.1, -0.05) is 54.1 Å². The van der Waals surface area contributed by atoms with Crippen molar-refractivity contribution >= 4 is 23.4 Å². The number of halogens is 1. The smallest absolute Gasteiger partial charge is 0.225 e. The Morgan fingerprint density at radius 2 is 1.62 bits per heavy atom. The molecule has 5 heteroatoms. The van der Waals surface area contributed by atoms with Crippen molar-refractivity contribution in [3.8, 4) is 11.3 Å². The minimum Gasteiger partial charge on any atom is -0.365 e. The van der Waals surface area contributed by atoms with Crippen LogP contribution in [0.15, 0.2) is 60.7 Å². The average Bonchev–Trinajstić information content (AvgIpc) is 2.60. The largest absolute Gasteiger partial charge is 0.365 e. The molecule has 1 aromatic heterocycles. The Bertz CT molecular complexity index is 855. The van der Waals surface area contributed by atoms with Gasteiger partial charge in [-0.3, -0.25) is 0 Å². The van der Waals surface area contributed by atoms with Crippen molar-refractivity contribution < 1.29 is 0 Å². The lowest BCUT2D eigenvalue weighted by Gasteiger charge is -2.22. The Morgan fingerprint density at radius 3 is 2.27 bits per heavy atom. The Labute approximate surface area is 159 Å². The summed E-state index contributed by atoms with van der Waals surface area (Å²) >= 11 is 5.95. The Morgan fingerprint density at radius 1 is 0.923 bits per heavy atom. The normalized spacial score (nSPS) is 11.2. The fourth-order valence-corrected chi connectivity index (χ4v) is 2.64. The molecule has 0 unspecified atom stereocenters. The van der Waals surface area contributed by atoms with Crippen LogP contribution in [0, 0.1) is 0 Å². The maximum atomic E-state index is 5.95. The number of hydrogen-bond acceptors (Lipinski definition) is 4. The van der Waals surface area contributed by atoms with Crippen LogP contribution < -0.4 is 10.6 Å². The summed E-state index contributed by atoms with van der Waals surface area (Å²) in [7, 11) is 0. The molecule has 0 saturated heterocycles. The molecule has 0 aliphatic heterocycles. The molecule has 2 N–H and O–H groups in total. The van der Waals surface area contributed by atoms with Crippen molar-refractivity contribution in [1.29, 1.82) is 0 Å². The van der Waals surface area contributed by atoms with Crippen molar-refractivity contribution in [3.05, 3.63) is 71.2 Å². The first-order valence-corrected chi connectivity index (χ1v) is 8.98. The van der Waals surface area contributed by atoms with E-state index in [-0.39, 0.29) is 5.54 Å². The van der Waals surface area contributed by atoms with E-state index in [1.165, 1.54) is 0 Å². The molecule has 0 bridgehead atoms. The molecule has 134 valence electrons. The fraction of sp³-hybridized carbons (Fsp3) is 0.238. The number of hydrogen-bond donors (Lipinski definition) is 2. The maximum Gasteiger partial charge on any atom is 0.225 e. The minimum atomic E-state index is -0.0875. The molecule has 0 amide bonds. The number of anilines is 2. The summed E-state index contributed by atoms with van der Waals surface area (Å²) in [5.41, 5.74) is 2.97. The van der Waals surface area contributed by atoms with Gasteiger partial charge >= 0.3 is 0 Å². The van der Waals surface area contributed by atoms with E-state index in [4.69, 9.17) is 11.6 Å². The van der Waals surface area contributed by atoms with Gasteiger partial charge in [-0.25, -0.2) is 4.98 Å². The van der Waals surface area contributed by atoms with Crippen LogP contribution in [0.3, 0.4) is 0 Å². The van der Waals surface area contributed by atoms with Crippen LogP contribution in [-0.2, 0) is 6.54 Å². The molecule has 4 nitrogen and oxygen atoms in total. The second-order valence-electron chi connectivity index (χ2n) is 7.18. The van der Waals surface area contributed by atoms with Gasteiger partial charge in [0.15, 0.2) is 0 Å². The molecule has 2 aromatic carbocycles. The van der Waals surface area contributed by atoms with E-state index in [1.54, 1.807) is 0 Å². The van der Waals surface area contributed by atoms with Gasteiger partial charge in [-0.15, -0.1) is 0 Å². The van der Waals surface area contributed by atoms with Crippen molar-refractivity contribution in [3.63, 3.8) is 0 Å². The first-order chi connectivity index (χ1) is 12.4. The van der Waals surface area contributed by atoms with E-state index in [2.05, 4.69) is 41.4 Å². The molecule has 0 fully saturated rings. The third kappa shape index (κ3) is 5.20. The Hall–Kier alpha value is -2.59. The second kappa shape index (κ2) is 7.75. The van der Waals surface area contributed by atoms with Crippen molar-refractivity contribution in [2.75, 3.05) is 10.6 Å². The third-order valence-electron chi connectivity index (χ3n) is 3.66. The van der Waals surface area contributed by atoms with Crippen molar-refractivity contribution in [2.24, 2.45) is 0 Å². The maximum absolute atomic E-state index is 5.95. The summed E-state index contributed by atoms with van der Waals surface area (Å²) < 4.78 is 0. The lowest BCUT2D eigenvalue weighted by Crippen LogP contribution is -2.27. The van der Waals surface area contributed by atoms with E-state index >= 15 is 0 Å². The third-order valence-corrected chi connectivity index (χ3v) is 3.91. The molecular weight excluding hydrogens is 344 g/mol. The summed E-state index contributed by atoms with van der Waals surface area (Å²) in [5, 5.41) is 7.47. The lowest BCUT2D eigenvalue weighted by molar-refractivity contribution is 0.630. The summed E-state index contributed by atoms with van der Waals surface area (Å²) in [6.45, 7) is 6.96. The van der Waals surface area contributed by atoms with Crippen LogP contribution in [0.5, 0.6) is 0 Å². The van der Waals surface area contributed by atoms with E-state index in [9.17, 15) is 0 Å². The van der Waals surface area contributed by atoms with Crippen LogP contribution in [0.25, 0.3) is 11.3 Å². The van der Waals surface area contributed by atoms with Crippen LogP contribution in [0.1, 0.15) is 26.3 Å². The predicted molar refractivity (Wildman–Crippen MR) is 110 cm³/mol. The molecule has 0 aliphatic carbocycles. The molecule has 26 heavy (non-hydrogen) atoms. The van der Waals surface area contributed by atoms with E-state index < -0.39 is 0 Å². The molecule has 3 rings (SSSR count). The van der Waals surface area contributed by atoms with Gasteiger partial charge in [0.05, 0.1) is 5.69 Å². The van der Waals surface area contributed by atoms with Gasteiger partial charge in [-0.05, 0) is 38.5 Å². The molecule has 0 spiro atoms. The van der Waals surface area contributed by atoms with Gasteiger partial charge in [-0.2, -0.15) is 4.98 Å². The minimum absolute atomic E-state index is 0.0875.